The van der Waals surface area contributed by atoms with Crippen molar-refractivity contribution in [1.82, 2.24) is 29.4 Å². The second-order valence-corrected chi connectivity index (χ2v) is 27.1. The Labute approximate surface area is 619 Å². The summed E-state index contributed by atoms with van der Waals surface area (Å²) in [5, 5.41) is 10.4. The molecule has 6 aromatic carbocycles. The number of nitrogens with zero attached hydrogens (tertiary/aromatic N) is 6. The van der Waals surface area contributed by atoms with Crippen LogP contribution >= 0.6 is 0 Å². The van der Waals surface area contributed by atoms with E-state index in [0.717, 1.165) is 45.3 Å². The van der Waals surface area contributed by atoms with E-state index in [0.29, 0.717) is 12.8 Å². The number of carbonyl (C=O) groups is 15. The van der Waals surface area contributed by atoms with Crippen LogP contribution in [-0.2, 0) is 47.5 Å². The van der Waals surface area contributed by atoms with Crippen molar-refractivity contribution in [1.29, 1.82) is 0 Å². The monoisotopic (exact) mass is 1480 g/mol. The van der Waals surface area contributed by atoms with Crippen LogP contribution < -0.4 is 0 Å². The summed E-state index contributed by atoms with van der Waals surface area (Å²) in [4.78, 5) is 213. The quantitative estimate of drug-likeness (QED) is 0.0172. The number of hydrogen-bond acceptors (Lipinski definition) is 23. The first-order valence-corrected chi connectivity index (χ1v) is 36.6. The summed E-state index contributed by atoms with van der Waals surface area (Å²) >= 11 is 0. The number of imide groups is 6. The highest BCUT2D eigenvalue weighted by Gasteiger charge is 2.44. The Bertz CT molecular complexity index is 4540. The standard InChI is InChI=1S/C79H82N6O23/c1-5-8-10-11-25-81-67(89)49-14-18-53-62-54(19-15-50(60(49)62)68(81)90)74(96)85(73(53)95)29-34-105-38-41-108-79(101)46(43-45(7-3)78(100)107-40-37-104-33-28-84-71(93)51-16-12-47-59-48(13-17-52(61(51)59)72(84)94)66(88)80(65(47)87)24-9-6-2)42-44(4)77(99)106-39-36-103-32-27-83-75(97)57-22-20-55-63-56(21-23-58(64(57)63)76(83)98)70(92)82(69(55)91)26-31-102-35-30-86/h12-23,44-46,86H,5-11,24-43H2,1-4H3. The van der Waals surface area contributed by atoms with E-state index in [1.807, 2.05) is 6.92 Å². The van der Waals surface area contributed by atoms with E-state index in [1.54, 1.807) is 6.92 Å². The maximum Gasteiger partial charge on any atom is 0.309 e. The maximum atomic E-state index is 14.1. The van der Waals surface area contributed by atoms with Crippen molar-refractivity contribution in [2.24, 2.45) is 17.8 Å². The molecule has 0 aromatic heterocycles. The number of benzene rings is 6. The van der Waals surface area contributed by atoms with Gasteiger partial charge < -0.3 is 38.3 Å². The third-order valence-corrected chi connectivity index (χ3v) is 20.4. The first kappa shape index (κ1) is 76.8. The molecule has 0 saturated carbocycles. The summed E-state index contributed by atoms with van der Waals surface area (Å²) in [5.41, 5.74) is 1.92. The molecule has 566 valence electrons. The highest BCUT2D eigenvalue weighted by atomic mass is 16.6. The van der Waals surface area contributed by atoms with Gasteiger partial charge in [-0.1, -0.05) is 53.4 Å². The van der Waals surface area contributed by atoms with Gasteiger partial charge in [-0.3, -0.25) is 101 Å². The molecule has 29 heteroatoms. The predicted octanol–water partition coefficient (Wildman–Crippen LogP) is 7.25. The van der Waals surface area contributed by atoms with Crippen LogP contribution in [0.1, 0.15) is 210 Å². The molecule has 6 aromatic rings. The van der Waals surface area contributed by atoms with Gasteiger partial charge in [-0.15, -0.1) is 0 Å². The van der Waals surface area contributed by atoms with Crippen molar-refractivity contribution in [3.8, 4) is 0 Å². The third kappa shape index (κ3) is 14.6. The zero-order valence-electron chi connectivity index (χ0n) is 60.4. The molecule has 0 radical (unpaired) electrons. The Morgan fingerprint density at radius 3 is 0.815 bits per heavy atom. The Kier molecular flexibility index (Phi) is 23.8. The zero-order valence-corrected chi connectivity index (χ0v) is 60.4. The summed E-state index contributed by atoms with van der Waals surface area (Å²) in [7, 11) is 0. The number of rotatable bonds is 39. The van der Waals surface area contributed by atoms with Crippen molar-refractivity contribution in [2.75, 3.05) is 119 Å². The number of unbranched alkanes of at least 4 members (excludes halogenated alkanes) is 4. The maximum absolute atomic E-state index is 14.1. The first-order valence-electron chi connectivity index (χ1n) is 36.6. The minimum Gasteiger partial charge on any atom is -0.463 e. The first-order chi connectivity index (χ1) is 52.2. The average molecular weight is 1480 g/mol. The minimum atomic E-state index is -1.11. The lowest BCUT2D eigenvalue weighted by Crippen LogP contribution is -2.45. The van der Waals surface area contributed by atoms with Crippen LogP contribution in [-0.4, -0.2) is 242 Å². The second kappa shape index (κ2) is 33.5. The molecule has 0 saturated heterocycles. The van der Waals surface area contributed by atoms with Gasteiger partial charge in [0.25, 0.3) is 70.9 Å². The molecular weight excluding hydrogens is 1400 g/mol. The molecule has 29 nitrogen and oxygen atoms in total. The summed E-state index contributed by atoms with van der Waals surface area (Å²) in [5.74, 6) is -12.5. The number of hydrogen-bond donors (Lipinski definition) is 1. The van der Waals surface area contributed by atoms with Gasteiger partial charge in [0.1, 0.15) is 19.8 Å². The lowest BCUT2D eigenvalue weighted by Gasteiger charge is -2.32. The number of ether oxygens (including phenoxy) is 7. The van der Waals surface area contributed by atoms with Crippen molar-refractivity contribution >= 4 is 121 Å². The predicted molar refractivity (Wildman–Crippen MR) is 382 cm³/mol. The number of aliphatic hydroxyl groups is 1. The average Bonchev–Trinajstić information content (AvgIpc) is 0.726. The van der Waals surface area contributed by atoms with Crippen LogP contribution in [0.3, 0.4) is 0 Å². The molecular formula is C79H82N6O23. The Balaban J connectivity index is 0.634. The van der Waals surface area contributed by atoms with Gasteiger partial charge in [-0.05, 0) is 105 Å². The Hall–Kier alpha value is -10.9. The fraction of sp³-hybridized carbons (Fsp3) is 0.430. The van der Waals surface area contributed by atoms with Crippen LogP contribution in [0, 0.1) is 17.8 Å². The van der Waals surface area contributed by atoms with Gasteiger partial charge in [0.2, 0.25) is 0 Å². The molecule has 0 fully saturated rings. The summed E-state index contributed by atoms with van der Waals surface area (Å²) in [6, 6.07) is 17.6. The molecule has 12 rings (SSSR count). The fourth-order valence-electron chi connectivity index (χ4n) is 14.8. The molecule has 0 aliphatic carbocycles. The third-order valence-electron chi connectivity index (χ3n) is 20.4. The van der Waals surface area contributed by atoms with Gasteiger partial charge in [0, 0.05) is 112 Å². The second-order valence-electron chi connectivity index (χ2n) is 27.1. The highest BCUT2D eigenvalue weighted by Crippen LogP contribution is 2.42. The Morgan fingerprint density at radius 1 is 0.296 bits per heavy atom. The van der Waals surface area contributed by atoms with E-state index in [2.05, 4.69) is 6.92 Å². The molecule has 6 aliphatic rings. The van der Waals surface area contributed by atoms with Crippen molar-refractivity contribution in [3.05, 3.63) is 140 Å². The molecule has 0 bridgehead atoms. The van der Waals surface area contributed by atoms with Crippen molar-refractivity contribution in [3.63, 3.8) is 0 Å². The van der Waals surface area contributed by atoms with Crippen molar-refractivity contribution < 1.29 is 110 Å². The highest BCUT2D eigenvalue weighted by molar-refractivity contribution is 6.36. The molecule has 0 spiro atoms. The van der Waals surface area contributed by atoms with Crippen molar-refractivity contribution in [2.45, 2.75) is 85.5 Å². The molecule has 3 atom stereocenters. The van der Waals surface area contributed by atoms with Gasteiger partial charge >= 0.3 is 17.9 Å². The zero-order chi connectivity index (χ0) is 76.8. The number of amides is 12. The van der Waals surface area contributed by atoms with E-state index in [1.165, 1.54) is 89.5 Å². The van der Waals surface area contributed by atoms with Gasteiger partial charge in [0.15, 0.2) is 0 Å². The summed E-state index contributed by atoms with van der Waals surface area (Å²) in [6.07, 6.45) is 4.61. The largest absolute Gasteiger partial charge is 0.463 e. The van der Waals surface area contributed by atoms with Crippen LogP contribution in [0.5, 0.6) is 0 Å². The van der Waals surface area contributed by atoms with E-state index < -0.39 is 107 Å². The number of aliphatic hydroxyl groups excluding tert-OH is 1. The SMILES string of the molecule is CCCCCCN1C(=O)c2ccc3c4c(ccc(c24)C1=O)C(=O)N(CCOCCOC(=O)C(CC(C)C(=O)OCCOCCN1C(=O)c2ccc4c5c(ccc(c25)C1=O)C(=O)N(CCOCCO)C4=O)CC(CC)C(=O)OCCOCCN1C(=O)c2ccc4c5c(ccc(c25)C1=O)C(=O)N(CCCC)C4=O)C3=O. The van der Waals surface area contributed by atoms with Crippen LogP contribution in [0.15, 0.2) is 72.8 Å². The summed E-state index contributed by atoms with van der Waals surface area (Å²) in [6.45, 7) is 4.75. The molecule has 12 amide bonds. The molecule has 108 heavy (non-hydrogen) atoms. The van der Waals surface area contributed by atoms with Crippen LogP contribution in [0.25, 0.3) is 32.3 Å². The Morgan fingerprint density at radius 2 is 0.546 bits per heavy atom. The lowest BCUT2D eigenvalue weighted by molar-refractivity contribution is -0.156. The minimum absolute atomic E-state index is 0.0131. The molecule has 6 aliphatic heterocycles. The van der Waals surface area contributed by atoms with E-state index in [-0.39, 0.29) is 237 Å². The van der Waals surface area contributed by atoms with Crippen LogP contribution in [0.4, 0.5) is 0 Å². The summed E-state index contributed by atoms with van der Waals surface area (Å²) < 4.78 is 39.3. The van der Waals surface area contributed by atoms with Crippen LogP contribution in [0.2, 0.25) is 0 Å². The molecule has 3 unspecified atom stereocenters. The lowest BCUT2D eigenvalue weighted by atomic mass is 9.86. The van der Waals surface area contributed by atoms with Gasteiger partial charge in [-0.2, -0.15) is 0 Å². The van der Waals surface area contributed by atoms with E-state index in [4.69, 9.17) is 38.3 Å². The molecule has 6 heterocycles. The van der Waals surface area contributed by atoms with E-state index >= 15 is 0 Å². The van der Waals surface area contributed by atoms with Gasteiger partial charge in [-0.25, -0.2) is 0 Å². The van der Waals surface area contributed by atoms with Gasteiger partial charge in [0.05, 0.1) is 103 Å². The fourth-order valence-corrected chi connectivity index (χ4v) is 14.8. The number of carbonyl (C=O) groups excluding carboxylic acids is 15. The topological polar surface area (TPSA) is 360 Å². The van der Waals surface area contributed by atoms with E-state index in [9.17, 15) is 71.9 Å². The molecule has 1 N–H and O–H groups in total. The smallest absolute Gasteiger partial charge is 0.309 e. The normalized spacial score (nSPS) is 16.0. The number of esters is 3.